The van der Waals surface area contributed by atoms with E-state index in [1.54, 1.807) is 13.8 Å². The van der Waals surface area contributed by atoms with Crippen LogP contribution in [0.3, 0.4) is 0 Å². The molecule has 0 radical (unpaired) electrons. The first-order chi connectivity index (χ1) is 8.32. The van der Waals surface area contributed by atoms with E-state index in [2.05, 4.69) is 26.2 Å². The van der Waals surface area contributed by atoms with Crippen molar-refractivity contribution >= 4 is 27.8 Å². The molecule has 0 fully saturated rings. The third-order valence-corrected chi connectivity index (χ3v) is 2.93. The molecule has 1 heterocycles. The number of hydrogen-bond donors (Lipinski definition) is 3. The molecule has 3 N–H and O–H groups in total. The number of H-pyrrole nitrogens is 1. The molecule has 0 bridgehead atoms. The van der Waals surface area contributed by atoms with Crippen LogP contribution in [0, 0.1) is 5.92 Å². The number of nitrogens with one attached hydrogen (secondary N) is 2. The largest absolute Gasteiger partial charge is 0.480 e. The lowest BCUT2D eigenvalue weighted by molar-refractivity contribution is -0.140. The molecule has 1 atom stereocenters. The van der Waals surface area contributed by atoms with Crippen molar-refractivity contribution in [1.82, 2.24) is 10.3 Å². The van der Waals surface area contributed by atoms with E-state index in [-0.39, 0.29) is 21.5 Å². The van der Waals surface area contributed by atoms with Crippen LogP contribution < -0.4 is 10.9 Å². The predicted molar refractivity (Wildman–Crippen MR) is 68.5 cm³/mol. The highest BCUT2D eigenvalue weighted by atomic mass is 79.9. The lowest BCUT2D eigenvalue weighted by Gasteiger charge is -2.17. The number of aliphatic carboxylic acids is 1. The molecule has 6 nitrogen and oxygen atoms in total. The molecule has 1 rings (SSSR count). The summed E-state index contributed by atoms with van der Waals surface area (Å²) < 4.78 is 0.214. The number of carbonyl (C=O) groups is 2. The first-order valence-electron chi connectivity index (χ1n) is 5.25. The Bertz CT molecular complexity index is 524. The highest BCUT2D eigenvalue weighted by Crippen LogP contribution is 2.07. The Hall–Kier alpha value is -1.63. The molecule has 0 aliphatic carbocycles. The Morgan fingerprint density at radius 2 is 2.06 bits per heavy atom. The van der Waals surface area contributed by atoms with Crippen LogP contribution in [-0.4, -0.2) is 28.0 Å². The van der Waals surface area contributed by atoms with Crippen molar-refractivity contribution in [2.24, 2.45) is 5.92 Å². The van der Waals surface area contributed by atoms with Gasteiger partial charge in [-0.15, -0.1) is 0 Å². The molecular formula is C11H13BrN2O4. The van der Waals surface area contributed by atoms with Gasteiger partial charge in [0, 0.05) is 6.20 Å². The molecule has 1 amide bonds. The van der Waals surface area contributed by atoms with Gasteiger partial charge in [-0.3, -0.25) is 9.59 Å². The maximum atomic E-state index is 11.8. The van der Waals surface area contributed by atoms with Gasteiger partial charge in [-0.25, -0.2) is 4.79 Å². The third kappa shape index (κ3) is 3.43. The van der Waals surface area contributed by atoms with Crippen LogP contribution in [0.1, 0.15) is 24.2 Å². The van der Waals surface area contributed by atoms with Gasteiger partial charge >= 0.3 is 5.97 Å². The Kier molecular flexibility index (Phi) is 4.66. The molecule has 98 valence electrons. The van der Waals surface area contributed by atoms with Gasteiger partial charge in [-0.2, -0.15) is 0 Å². The topological polar surface area (TPSA) is 99.3 Å². The quantitative estimate of drug-likeness (QED) is 0.771. The smallest absolute Gasteiger partial charge is 0.326 e. The van der Waals surface area contributed by atoms with E-state index in [1.807, 2.05) is 0 Å². The maximum absolute atomic E-state index is 11.8. The second kappa shape index (κ2) is 5.81. The van der Waals surface area contributed by atoms with Gasteiger partial charge in [0.25, 0.3) is 11.5 Å². The lowest BCUT2D eigenvalue weighted by atomic mass is 10.0. The number of hydrogen-bond acceptors (Lipinski definition) is 3. The SMILES string of the molecule is CC(C)[C@@H](NC(=O)c1c[nH]c(=O)c(Br)c1)C(=O)O. The zero-order chi connectivity index (χ0) is 13.9. The Labute approximate surface area is 112 Å². The van der Waals surface area contributed by atoms with Crippen LogP contribution in [0.25, 0.3) is 0 Å². The normalized spacial score (nSPS) is 12.2. The van der Waals surface area contributed by atoms with Crippen molar-refractivity contribution in [1.29, 1.82) is 0 Å². The van der Waals surface area contributed by atoms with Gasteiger partial charge in [-0.05, 0) is 27.9 Å². The molecule has 1 aromatic rings. The number of carbonyl (C=O) groups excluding carboxylic acids is 1. The van der Waals surface area contributed by atoms with E-state index < -0.39 is 17.9 Å². The molecule has 0 aliphatic heterocycles. The average molecular weight is 317 g/mol. The van der Waals surface area contributed by atoms with E-state index in [1.165, 1.54) is 12.3 Å². The highest BCUT2D eigenvalue weighted by Gasteiger charge is 2.24. The van der Waals surface area contributed by atoms with Crippen LogP contribution in [0.4, 0.5) is 0 Å². The molecule has 0 saturated carbocycles. The minimum Gasteiger partial charge on any atom is -0.480 e. The van der Waals surface area contributed by atoms with Crippen LogP contribution in [-0.2, 0) is 4.79 Å². The Morgan fingerprint density at radius 1 is 1.44 bits per heavy atom. The number of rotatable bonds is 4. The van der Waals surface area contributed by atoms with Crippen LogP contribution in [0.15, 0.2) is 21.5 Å². The maximum Gasteiger partial charge on any atom is 0.326 e. The van der Waals surface area contributed by atoms with Crippen LogP contribution in [0.2, 0.25) is 0 Å². The third-order valence-electron chi connectivity index (χ3n) is 2.34. The molecule has 0 aromatic carbocycles. The van der Waals surface area contributed by atoms with Crippen LogP contribution >= 0.6 is 15.9 Å². The number of carboxylic acids is 1. The van der Waals surface area contributed by atoms with Gasteiger partial charge in [0.2, 0.25) is 0 Å². The van der Waals surface area contributed by atoms with E-state index in [9.17, 15) is 14.4 Å². The van der Waals surface area contributed by atoms with Gasteiger partial charge < -0.3 is 15.4 Å². The minimum absolute atomic E-state index is 0.188. The zero-order valence-electron chi connectivity index (χ0n) is 9.86. The van der Waals surface area contributed by atoms with Crippen molar-refractivity contribution in [2.75, 3.05) is 0 Å². The summed E-state index contributed by atoms with van der Waals surface area (Å²) >= 11 is 3.00. The minimum atomic E-state index is -1.10. The standard InChI is InChI=1S/C11H13BrN2O4/c1-5(2)8(11(17)18)14-9(15)6-3-7(12)10(16)13-4-6/h3-5,8H,1-2H3,(H,13,16)(H,14,15)(H,17,18)/t8-/m1/s1. The fourth-order valence-electron chi connectivity index (χ4n) is 1.33. The summed E-state index contributed by atoms with van der Waals surface area (Å²) in [6.07, 6.45) is 1.24. The number of halogens is 1. The summed E-state index contributed by atoms with van der Waals surface area (Å²) in [6.45, 7) is 3.39. The second-order valence-corrected chi connectivity index (χ2v) is 4.95. The summed E-state index contributed by atoms with van der Waals surface area (Å²) in [4.78, 5) is 36.2. The monoisotopic (exact) mass is 316 g/mol. The number of carboxylic acid groups (broad SMARTS) is 1. The average Bonchev–Trinajstić information content (AvgIpc) is 2.28. The van der Waals surface area contributed by atoms with Gasteiger partial charge in [0.15, 0.2) is 0 Å². The summed E-state index contributed by atoms with van der Waals surface area (Å²) in [7, 11) is 0. The Morgan fingerprint density at radius 3 is 2.50 bits per heavy atom. The van der Waals surface area contributed by atoms with Gasteiger partial charge in [0.05, 0.1) is 10.0 Å². The van der Waals surface area contributed by atoms with E-state index in [0.29, 0.717) is 0 Å². The molecule has 0 spiro atoms. The summed E-state index contributed by atoms with van der Waals surface area (Å²) in [5.41, 5.74) is -0.168. The van der Waals surface area contributed by atoms with Gasteiger partial charge in [-0.1, -0.05) is 13.8 Å². The molecular weight excluding hydrogens is 304 g/mol. The van der Waals surface area contributed by atoms with Crippen LogP contribution in [0.5, 0.6) is 0 Å². The van der Waals surface area contributed by atoms with Crippen molar-refractivity contribution in [3.8, 4) is 0 Å². The number of aromatic nitrogens is 1. The molecule has 0 aliphatic rings. The Balaban J connectivity index is 2.90. The van der Waals surface area contributed by atoms with E-state index >= 15 is 0 Å². The fourth-order valence-corrected chi connectivity index (χ4v) is 1.69. The van der Waals surface area contributed by atoms with E-state index in [0.717, 1.165) is 0 Å². The summed E-state index contributed by atoms with van der Waals surface area (Å²) in [5.74, 6) is -1.88. The molecule has 0 saturated heterocycles. The first kappa shape index (κ1) is 14.4. The first-order valence-corrected chi connectivity index (χ1v) is 6.04. The lowest BCUT2D eigenvalue weighted by Crippen LogP contribution is -2.44. The highest BCUT2D eigenvalue weighted by molar-refractivity contribution is 9.10. The van der Waals surface area contributed by atoms with Crippen molar-refractivity contribution in [3.63, 3.8) is 0 Å². The predicted octanol–water partition coefficient (Wildman–Crippen LogP) is 0.976. The molecule has 7 heteroatoms. The fraction of sp³-hybridized carbons (Fsp3) is 0.364. The van der Waals surface area contributed by atoms with E-state index in [4.69, 9.17) is 5.11 Å². The number of aromatic amines is 1. The molecule has 0 unspecified atom stereocenters. The number of pyridine rings is 1. The van der Waals surface area contributed by atoms with Gasteiger partial charge in [0.1, 0.15) is 6.04 Å². The second-order valence-electron chi connectivity index (χ2n) is 4.10. The van der Waals surface area contributed by atoms with Crippen molar-refractivity contribution < 1.29 is 14.7 Å². The molecule has 18 heavy (non-hydrogen) atoms. The number of amides is 1. The summed E-state index contributed by atoms with van der Waals surface area (Å²) in [6, 6.07) is 0.371. The summed E-state index contributed by atoms with van der Waals surface area (Å²) in [5, 5.41) is 11.4. The zero-order valence-corrected chi connectivity index (χ0v) is 11.4. The molecule has 1 aromatic heterocycles. The van der Waals surface area contributed by atoms with Crippen molar-refractivity contribution in [3.05, 3.63) is 32.7 Å². The van der Waals surface area contributed by atoms with Crippen molar-refractivity contribution in [2.45, 2.75) is 19.9 Å².